The van der Waals surface area contributed by atoms with Gasteiger partial charge in [0.2, 0.25) is 0 Å². The molecule has 168 valence electrons. The first-order valence-electron chi connectivity index (χ1n) is 10.5. The molecule has 1 aromatic rings. The van der Waals surface area contributed by atoms with Crippen LogP contribution in [0.3, 0.4) is 0 Å². The number of rotatable bonds is 6. The Hall–Kier alpha value is -1.39. The average molecular weight is 531 g/mol. The van der Waals surface area contributed by atoms with Gasteiger partial charge in [-0.05, 0) is 36.8 Å². The van der Waals surface area contributed by atoms with Crippen LogP contribution in [0.15, 0.2) is 29.3 Å². The van der Waals surface area contributed by atoms with Crippen molar-refractivity contribution in [1.82, 2.24) is 10.2 Å². The van der Waals surface area contributed by atoms with Crippen LogP contribution in [0.25, 0.3) is 0 Å². The molecule has 0 atom stereocenters. The van der Waals surface area contributed by atoms with E-state index >= 15 is 0 Å². The van der Waals surface area contributed by atoms with Crippen molar-refractivity contribution in [3.8, 4) is 0 Å². The summed E-state index contributed by atoms with van der Waals surface area (Å²) in [7, 11) is 3.25. The second-order valence-corrected chi connectivity index (χ2v) is 7.62. The standard InChI is InChI=1S/C22H33N3O4.HI/c1-23-22(25-11-7-19(8-12-25)21(26)27-2)24-15-17-3-5-18(6-4-17)16-29-20-9-13-28-14-10-20;/h3-6,19-20H,7-16H2,1-2H3,(H,23,24);1H. The van der Waals surface area contributed by atoms with E-state index in [1.807, 2.05) is 0 Å². The van der Waals surface area contributed by atoms with Gasteiger partial charge in [-0.2, -0.15) is 0 Å². The van der Waals surface area contributed by atoms with Gasteiger partial charge >= 0.3 is 5.97 Å². The van der Waals surface area contributed by atoms with Crippen LogP contribution in [-0.4, -0.2) is 63.4 Å². The summed E-state index contributed by atoms with van der Waals surface area (Å²) in [6.45, 7) is 4.58. The SMILES string of the molecule is CN=C(NCc1ccc(COC2CCOCC2)cc1)N1CCC(C(=O)OC)CC1.I. The van der Waals surface area contributed by atoms with Crippen molar-refractivity contribution in [3.05, 3.63) is 35.4 Å². The monoisotopic (exact) mass is 531 g/mol. The van der Waals surface area contributed by atoms with Gasteiger partial charge in [0.05, 0.1) is 25.7 Å². The summed E-state index contributed by atoms with van der Waals surface area (Å²) in [6, 6.07) is 8.51. The zero-order valence-corrected chi connectivity index (χ0v) is 20.3. The molecule has 0 saturated carbocycles. The highest BCUT2D eigenvalue weighted by molar-refractivity contribution is 14.0. The van der Waals surface area contributed by atoms with E-state index in [9.17, 15) is 4.79 Å². The molecule has 0 aromatic heterocycles. The number of likely N-dealkylation sites (tertiary alicyclic amines) is 1. The Morgan fingerprint density at radius 1 is 1.13 bits per heavy atom. The van der Waals surface area contributed by atoms with Crippen molar-refractivity contribution >= 4 is 35.9 Å². The van der Waals surface area contributed by atoms with Crippen LogP contribution < -0.4 is 5.32 Å². The van der Waals surface area contributed by atoms with Crippen LogP contribution in [0.5, 0.6) is 0 Å². The number of hydrogen-bond acceptors (Lipinski definition) is 5. The summed E-state index contributed by atoms with van der Waals surface area (Å²) >= 11 is 0. The number of ether oxygens (including phenoxy) is 3. The van der Waals surface area contributed by atoms with Crippen LogP contribution in [0.2, 0.25) is 0 Å². The van der Waals surface area contributed by atoms with Crippen molar-refractivity contribution in [2.24, 2.45) is 10.9 Å². The zero-order chi connectivity index (χ0) is 20.5. The van der Waals surface area contributed by atoms with Gasteiger partial charge in [0, 0.05) is 39.9 Å². The highest BCUT2D eigenvalue weighted by Crippen LogP contribution is 2.19. The molecule has 0 unspecified atom stereocenters. The van der Waals surface area contributed by atoms with Crippen molar-refractivity contribution < 1.29 is 19.0 Å². The van der Waals surface area contributed by atoms with Gasteiger partial charge in [-0.3, -0.25) is 9.79 Å². The Morgan fingerprint density at radius 3 is 2.37 bits per heavy atom. The van der Waals surface area contributed by atoms with Crippen LogP contribution in [0.1, 0.15) is 36.8 Å². The molecule has 8 heteroatoms. The highest BCUT2D eigenvalue weighted by atomic mass is 127. The van der Waals surface area contributed by atoms with E-state index in [0.717, 1.165) is 57.9 Å². The molecule has 2 fully saturated rings. The molecule has 2 heterocycles. The third kappa shape index (κ3) is 7.39. The van der Waals surface area contributed by atoms with Gasteiger partial charge in [0.25, 0.3) is 0 Å². The zero-order valence-electron chi connectivity index (χ0n) is 18.0. The lowest BCUT2D eigenvalue weighted by atomic mass is 9.97. The molecule has 1 aromatic carbocycles. The molecule has 0 bridgehead atoms. The molecule has 3 rings (SSSR count). The summed E-state index contributed by atoms with van der Waals surface area (Å²) in [4.78, 5) is 18.3. The summed E-state index contributed by atoms with van der Waals surface area (Å²) in [6.07, 6.45) is 3.89. The van der Waals surface area contributed by atoms with Crippen molar-refractivity contribution in [2.45, 2.75) is 44.9 Å². The minimum atomic E-state index is -0.103. The molecule has 30 heavy (non-hydrogen) atoms. The maximum Gasteiger partial charge on any atom is 0.308 e. The molecule has 0 aliphatic carbocycles. The number of nitrogens with one attached hydrogen (secondary N) is 1. The lowest BCUT2D eigenvalue weighted by Crippen LogP contribution is -2.46. The Bertz CT molecular complexity index is 669. The first kappa shape index (κ1) is 24.9. The third-order valence-corrected chi connectivity index (χ3v) is 5.67. The van der Waals surface area contributed by atoms with E-state index in [4.69, 9.17) is 14.2 Å². The number of esters is 1. The van der Waals surface area contributed by atoms with Gasteiger partial charge < -0.3 is 24.4 Å². The number of benzene rings is 1. The molecular weight excluding hydrogens is 497 g/mol. The second-order valence-electron chi connectivity index (χ2n) is 7.62. The number of piperidine rings is 1. The molecule has 2 aliphatic rings. The normalized spacial score (nSPS) is 18.6. The van der Waals surface area contributed by atoms with Crippen LogP contribution >= 0.6 is 24.0 Å². The summed E-state index contributed by atoms with van der Waals surface area (Å²) in [5.74, 6) is 0.777. The van der Waals surface area contributed by atoms with Crippen molar-refractivity contribution in [2.75, 3.05) is 40.5 Å². The van der Waals surface area contributed by atoms with E-state index in [1.165, 1.54) is 18.2 Å². The fourth-order valence-electron chi connectivity index (χ4n) is 3.82. The van der Waals surface area contributed by atoms with Gasteiger partial charge in [0.1, 0.15) is 0 Å². The van der Waals surface area contributed by atoms with E-state index in [0.29, 0.717) is 19.3 Å². The molecule has 0 radical (unpaired) electrons. The minimum absolute atomic E-state index is 0. The number of nitrogens with zero attached hydrogens (tertiary/aromatic N) is 2. The maximum absolute atomic E-state index is 11.7. The predicted molar refractivity (Wildman–Crippen MR) is 127 cm³/mol. The maximum atomic E-state index is 11.7. The summed E-state index contributed by atoms with van der Waals surface area (Å²) in [5.41, 5.74) is 2.39. The fraction of sp³-hybridized carbons (Fsp3) is 0.636. The Morgan fingerprint density at radius 2 is 1.77 bits per heavy atom. The highest BCUT2D eigenvalue weighted by Gasteiger charge is 2.26. The molecule has 0 spiro atoms. The number of carbonyl (C=O) groups is 1. The van der Waals surface area contributed by atoms with Crippen LogP contribution in [0, 0.1) is 5.92 Å². The first-order chi connectivity index (χ1) is 14.2. The molecule has 2 aliphatic heterocycles. The predicted octanol–water partition coefficient (Wildman–Crippen LogP) is 2.96. The Kier molecular flexibility index (Phi) is 10.9. The van der Waals surface area contributed by atoms with Gasteiger partial charge in [0.15, 0.2) is 5.96 Å². The number of carbonyl (C=O) groups excluding carboxylic acids is 1. The quantitative estimate of drug-likeness (QED) is 0.264. The summed E-state index contributed by atoms with van der Waals surface area (Å²) < 4.78 is 16.2. The summed E-state index contributed by atoms with van der Waals surface area (Å²) in [5, 5.41) is 3.43. The van der Waals surface area contributed by atoms with E-state index < -0.39 is 0 Å². The molecule has 7 nitrogen and oxygen atoms in total. The largest absolute Gasteiger partial charge is 0.469 e. The van der Waals surface area contributed by atoms with Gasteiger partial charge in [-0.1, -0.05) is 24.3 Å². The second kappa shape index (κ2) is 13.1. The number of aliphatic imine (C=N–C) groups is 1. The molecule has 2 saturated heterocycles. The molecule has 0 amide bonds. The minimum Gasteiger partial charge on any atom is -0.469 e. The lowest BCUT2D eigenvalue weighted by molar-refractivity contribution is -0.146. The molecular formula is C22H34IN3O4. The fourth-order valence-corrected chi connectivity index (χ4v) is 3.82. The van der Waals surface area contributed by atoms with E-state index in [1.54, 1.807) is 7.05 Å². The average Bonchev–Trinajstić information content (AvgIpc) is 2.79. The Balaban J connectivity index is 0.00000320. The van der Waals surface area contributed by atoms with Gasteiger partial charge in [-0.25, -0.2) is 0 Å². The number of guanidine groups is 1. The Labute approximate surface area is 196 Å². The lowest BCUT2D eigenvalue weighted by Gasteiger charge is -2.33. The van der Waals surface area contributed by atoms with Crippen molar-refractivity contribution in [1.29, 1.82) is 0 Å². The van der Waals surface area contributed by atoms with Crippen molar-refractivity contribution in [3.63, 3.8) is 0 Å². The number of halogens is 1. The first-order valence-corrected chi connectivity index (χ1v) is 10.5. The van der Waals surface area contributed by atoms with Gasteiger partial charge in [-0.15, -0.1) is 24.0 Å². The van der Waals surface area contributed by atoms with Crippen LogP contribution in [0.4, 0.5) is 0 Å². The smallest absolute Gasteiger partial charge is 0.308 e. The molecule has 1 N–H and O–H groups in total. The topological polar surface area (TPSA) is 72.4 Å². The number of methoxy groups -OCH3 is 1. The van der Waals surface area contributed by atoms with E-state index in [2.05, 4.69) is 39.5 Å². The van der Waals surface area contributed by atoms with Crippen LogP contribution in [-0.2, 0) is 32.2 Å². The van der Waals surface area contributed by atoms with E-state index in [-0.39, 0.29) is 35.9 Å². The third-order valence-electron chi connectivity index (χ3n) is 5.67. The number of hydrogen-bond donors (Lipinski definition) is 1.